The normalized spacial score (nSPS) is 12.3. The summed E-state index contributed by atoms with van der Waals surface area (Å²) in [6.45, 7) is 12.4. The van der Waals surface area contributed by atoms with Crippen molar-refractivity contribution in [2.75, 3.05) is 30.3 Å². The number of ether oxygens (including phenoxy) is 1. The third-order valence-corrected chi connectivity index (χ3v) is 2.61. The Morgan fingerprint density at radius 1 is 1.11 bits per heavy atom. The van der Waals surface area contributed by atoms with Crippen LogP contribution in [0.25, 0.3) is 0 Å². The molecule has 0 aromatic carbocycles. The number of nitrogens with one attached hydrogen (secondary N) is 2. The highest BCUT2D eigenvalue weighted by atomic mass is 16.5. The number of hydrogen-bond donors (Lipinski definition) is 2. The number of hydrogen-bond acceptors (Lipinski definition) is 5. The van der Waals surface area contributed by atoms with E-state index in [9.17, 15) is 0 Å². The average molecular weight is 252 g/mol. The minimum Gasteiger partial charge on any atom is -0.377 e. The Morgan fingerprint density at radius 3 is 2.28 bits per heavy atom. The minimum absolute atomic E-state index is 0.173. The van der Waals surface area contributed by atoms with E-state index in [1.165, 1.54) is 0 Å². The van der Waals surface area contributed by atoms with Gasteiger partial charge < -0.3 is 15.4 Å². The van der Waals surface area contributed by atoms with Crippen LogP contribution in [0, 0.1) is 13.8 Å². The van der Waals surface area contributed by atoms with Gasteiger partial charge in [-0.05, 0) is 34.6 Å². The zero-order chi connectivity index (χ0) is 13.5. The number of anilines is 2. The fourth-order valence-electron chi connectivity index (χ4n) is 1.72. The fraction of sp³-hybridized carbons (Fsp3) is 0.692. The molecule has 102 valence electrons. The number of aryl methyl sites for hydroxylation is 1. The molecular weight excluding hydrogens is 228 g/mol. The molecule has 2 N–H and O–H groups in total. The largest absolute Gasteiger partial charge is 0.377 e. The van der Waals surface area contributed by atoms with E-state index >= 15 is 0 Å². The van der Waals surface area contributed by atoms with Crippen LogP contribution in [0.15, 0.2) is 0 Å². The zero-order valence-electron chi connectivity index (χ0n) is 12.0. The van der Waals surface area contributed by atoms with Gasteiger partial charge in [-0.1, -0.05) is 0 Å². The first-order valence-electron chi connectivity index (χ1n) is 6.53. The van der Waals surface area contributed by atoms with Crippen LogP contribution in [0.4, 0.5) is 11.6 Å². The number of rotatable bonds is 7. The molecule has 1 aromatic heterocycles. The summed E-state index contributed by atoms with van der Waals surface area (Å²) in [5, 5.41) is 6.57. The van der Waals surface area contributed by atoms with Gasteiger partial charge in [-0.2, -0.15) is 0 Å². The van der Waals surface area contributed by atoms with Gasteiger partial charge in [0.25, 0.3) is 0 Å². The predicted molar refractivity (Wildman–Crippen MR) is 75.2 cm³/mol. The van der Waals surface area contributed by atoms with E-state index < -0.39 is 0 Å². The van der Waals surface area contributed by atoms with Crippen molar-refractivity contribution in [3.8, 4) is 0 Å². The van der Waals surface area contributed by atoms with Gasteiger partial charge >= 0.3 is 0 Å². The van der Waals surface area contributed by atoms with Gasteiger partial charge in [0.2, 0.25) is 0 Å². The van der Waals surface area contributed by atoms with Crippen molar-refractivity contribution >= 4 is 11.6 Å². The van der Waals surface area contributed by atoms with Crippen molar-refractivity contribution in [2.24, 2.45) is 0 Å². The number of nitrogens with zero attached hydrogens (tertiary/aromatic N) is 2. The Kier molecular flexibility index (Phi) is 5.85. The van der Waals surface area contributed by atoms with E-state index in [1.54, 1.807) is 0 Å². The molecular formula is C13H24N4O. The van der Waals surface area contributed by atoms with Crippen molar-refractivity contribution in [3.63, 3.8) is 0 Å². The highest BCUT2D eigenvalue weighted by molar-refractivity contribution is 5.57. The second-order valence-corrected chi connectivity index (χ2v) is 4.27. The van der Waals surface area contributed by atoms with Crippen LogP contribution in [0.1, 0.15) is 32.2 Å². The van der Waals surface area contributed by atoms with E-state index in [0.717, 1.165) is 42.7 Å². The minimum atomic E-state index is 0.173. The summed E-state index contributed by atoms with van der Waals surface area (Å²) >= 11 is 0. The lowest BCUT2D eigenvalue weighted by Gasteiger charge is -2.16. The third-order valence-electron chi connectivity index (χ3n) is 2.61. The van der Waals surface area contributed by atoms with Crippen molar-refractivity contribution in [1.29, 1.82) is 0 Å². The summed E-state index contributed by atoms with van der Waals surface area (Å²) < 4.78 is 5.49. The smallest absolute Gasteiger partial charge is 0.134 e. The van der Waals surface area contributed by atoms with Gasteiger partial charge in [0, 0.05) is 25.3 Å². The molecule has 5 nitrogen and oxygen atoms in total. The van der Waals surface area contributed by atoms with Crippen LogP contribution < -0.4 is 10.6 Å². The summed E-state index contributed by atoms with van der Waals surface area (Å²) in [5.74, 6) is 2.55. The quantitative estimate of drug-likeness (QED) is 0.780. The van der Waals surface area contributed by atoms with Gasteiger partial charge in [0.1, 0.15) is 17.5 Å². The summed E-state index contributed by atoms with van der Waals surface area (Å²) in [7, 11) is 0. The highest BCUT2D eigenvalue weighted by Crippen LogP contribution is 2.19. The molecule has 0 aliphatic heterocycles. The summed E-state index contributed by atoms with van der Waals surface area (Å²) in [4.78, 5) is 8.82. The first-order valence-corrected chi connectivity index (χ1v) is 6.53. The molecule has 0 bridgehead atoms. The Labute approximate surface area is 109 Å². The maximum Gasteiger partial charge on any atom is 0.134 e. The van der Waals surface area contributed by atoms with E-state index in [2.05, 4.69) is 27.5 Å². The predicted octanol–water partition coefficient (Wildman–Crippen LogP) is 2.36. The molecule has 1 unspecified atom stereocenters. The second kappa shape index (κ2) is 7.16. The second-order valence-electron chi connectivity index (χ2n) is 4.27. The molecule has 1 heterocycles. The summed E-state index contributed by atoms with van der Waals surface area (Å²) in [6, 6.07) is 0. The Hall–Kier alpha value is -1.36. The Morgan fingerprint density at radius 2 is 1.72 bits per heavy atom. The van der Waals surface area contributed by atoms with Crippen LogP contribution in [-0.2, 0) is 4.74 Å². The summed E-state index contributed by atoms with van der Waals surface area (Å²) in [5.41, 5.74) is 1.05. The van der Waals surface area contributed by atoms with Crippen LogP contribution in [-0.4, -0.2) is 35.8 Å². The van der Waals surface area contributed by atoms with Crippen molar-refractivity contribution in [2.45, 2.75) is 40.7 Å². The van der Waals surface area contributed by atoms with Crippen molar-refractivity contribution < 1.29 is 4.74 Å². The molecule has 0 saturated heterocycles. The Bertz CT molecular complexity index is 381. The first-order chi connectivity index (χ1) is 8.58. The molecule has 0 aliphatic rings. The standard InChI is InChI=1S/C13H24N4O/c1-6-14-12-10(4)13(17-11(5)16-12)15-8-9(3)18-7-2/h9H,6-8H2,1-5H3,(H2,14,15,16,17). The monoisotopic (exact) mass is 252 g/mol. The Balaban J connectivity index is 2.75. The first kappa shape index (κ1) is 14.7. The molecule has 18 heavy (non-hydrogen) atoms. The van der Waals surface area contributed by atoms with Crippen molar-refractivity contribution in [1.82, 2.24) is 9.97 Å². The summed E-state index contributed by atoms with van der Waals surface area (Å²) in [6.07, 6.45) is 0.173. The SMILES string of the molecule is CCNc1nc(C)nc(NCC(C)OCC)c1C. The molecule has 1 rings (SSSR count). The molecule has 0 spiro atoms. The average Bonchev–Trinajstić information content (AvgIpc) is 2.32. The highest BCUT2D eigenvalue weighted by Gasteiger charge is 2.09. The molecule has 0 radical (unpaired) electrons. The molecule has 1 atom stereocenters. The van der Waals surface area contributed by atoms with E-state index in [-0.39, 0.29) is 6.10 Å². The topological polar surface area (TPSA) is 59.1 Å². The van der Waals surface area contributed by atoms with Crippen LogP contribution >= 0.6 is 0 Å². The molecule has 0 fully saturated rings. The van der Waals surface area contributed by atoms with Gasteiger partial charge in [0.15, 0.2) is 0 Å². The maximum absolute atomic E-state index is 5.49. The van der Waals surface area contributed by atoms with E-state index in [1.807, 2.05) is 27.7 Å². The lowest BCUT2D eigenvalue weighted by atomic mass is 10.3. The molecule has 5 heteroatoms. The van der Waals surface area contributed by atoms with E-state index in [0.29, 0.717) is 0 Å². The van der Waals surface area contributed by atoms with Gasteiger partial charge in [-0.25, -0.2) is 9.97 Å². The van der Waals surface area contributed by atoms with Crippen LogP contribution in [0.2, 0.25) is 0 Å². The number of aromatic nitrogens is 2. The maximum atomic E-state index is 5.49. The van der Waals surface area contributed by atoms with E-state index in [4.69, 9.17) is 4.74 Å². The van der Waals surface area contributed by atoms with Crippen molar-refractivity contribution in [3.05, 3.63) is 11.4 Å². The fourth-order valence-corrected chi connectivity index (χ4v) is 1.72. The van der Waals surface area contributed by atoms with Crippen LogP contribution in [0.3, 0.4) is 0 Å². The van der Waals surface area contributed by atoms with Gasteiger partial charge in [0.05, 0.1) is 6.10 Å². The van der Waals surface area contributed by atoms with Crippen LogP contribution in [0.5, 0.6) is 0 Å². The lowest BCUT2D eigenvalue weighted by molar-refractivity contribution is 0.0854. The molecule has 0 saturated carbocycles. The molecule has 1 aromatic rings. The van der Waals surface area contributed by atoms with Gasteiger partial charge in [-0.15, -0.1) is 0 Å². The third kappa shape index (κ3) is 4.14. The van der Waals surface area contributed by atoms with Gasteiger partial charge in [-0.3, -0.25) is 0 Å². The molecule has 0 aliphatic carbocycles. The zero-order valence-corrected chi connectivity index (χ0v) is 12.0. The lowest BCUT2D eigenvalue weighted by Crippen LogP contribution is -2.21. The molecule has 0 amide bonds.